The minimum Gasteiger partial charge on any atom is -0.298 e. The van der Waals surface area contributed by atoms with Crippen molar-refractivity contribution in [1.82, 2.24) is 19.8 Å². The van der Waals surface area contributed by atoms with Crippen LogP contribution in [0.15, 0.2) is 116 Å². The summed E-state index contributed by atoms with van der Waals surface area (Å²) in [5, 5.41) is 0. The summed E-state index contributed by atoms with van der Waals surface area (Å²) in [4.78, 5) is 20.9. The lowest BCUT2D eigenvalue weighted by Crippen LogP contribution is -2.46. The number of likely N-dealkylation sites (tertiary alicyclic amines) is 2. The monoisotopic (exact) mass is 781 g/mol. The summed E-state index contributed by atoms with van der Waals surface area (Å²) in [5.41, 5.74) is 7.43. The third-order valence-corrected chi connectivity index (χ3v) is 12.7. The van der Waals surface area contributed by atoms with Gasteiger partial charge in [-0.3, -0.25) is 19.8 Å². The van der Waals surface area contributed by atoms with Gasteiger partial charge in [0.2, 0.25) is 9.84 Å². The summed E-state index contributed by atoms with van der Waals surface area (Å²) in [6.07, 6.45) is 8.67. The smallest absolute Gasteiger partial charge is 0.207 e. The normalized spacial score (nSPS) is 16.1. The van der Waals surface area contributed by atoms with Gasteiger partial charge in [0.1, 0.15) is 0 Å². The quantitative estimate of drug-likeness (QED) is 0.0989. The van der Waals surface area contributed by atoms with Crippen LogP contribution in [0.3, 0.4) is 0 Å². The Labute approximate surface area is 315 Å². The third-order valence-electron chi connectivity index (χ3n) is 9.49. The van der Waals surface area contributed by atoms with Gasteiger partial charge in [0.25, 0.3) is 0 Å². The molecule has 4 aromatic rings. The molecule has 2 saturated heterocycles. The number of halogens is 1. The van der Waals surface area contributed by atoms with E-state index in [4.69, 9.17) is 15.0 Å². The second-order valence-electron chi connectivity index (χ2n) is 13.2. The third kappa shape index (κ3) is 7.90. The first kappa shape index (κ1) is 37.1. The van der Waals surface area contributed by atoms with Crippen molar-refractivity contribution in [3.63, 3.8) is 0 Å². The Bertz CT molecular complexity index is 2130. The number of allylic oxidation sites excluding steroid dienone is 1. The second kappa shape index (κ2) is 15.9. The summed E-state index contributed by atoms with van der Waals surface area (Å²) in [5.74, 6) is 0.686. The summed E-state index contributed by atoms with van der Waals surface area (Å²) < 4.78 is 30.5. The van der Waals surface area contributed by atoms with E-state index in [0.717, 1.165) is 82.4 Å². The first-order chi connectivity index (χ1) is 24.5. The van der Waals surface area contributed by atoms with Crippen molar-refractivity contribution < 1.29 is 8.42 Å². The van der Waals surface area contributed by atoms with Crippen molar-refractivity contribution in [3.05, 3.63) is 113 Å². The molecule has 51 heavy (non-hydrogen) atoms. The molecule has 3 aromatic carbocycles. The molecule has 2 aliphatic rings. The zero-order valence-corrected chi connectivity index (χ0v) is 32.9. The van der Waals surface area contributed by atoms with Gasteiger partial charge in [-0.2, -0.15) is 0 Å². The number of aromatic nitrogens is 2. The van der Waals surface area contributed by atoms with Gasteiger partial charge in [0.05, 0.1) is 38.8 Å². The van der Waals surface area contributed by atoms with E-state index in [1.165, 1.54) is 6.42 Å². The highest BCUT2D eigenvalue weighted by Crippen LogP contribution is 2.44. The molecule has 6 rings (SSSR count). The van der Waals surface area contributed by atoms with Crippen LogP contribution < -0.4 is 0 Å². The Morgan fingerprint density at radius 1 is 1.04 bits per heavy atom. The predicted octanol–water partition coefficient (Wildman–Crippen LogP) is 9.31. The fourth-order valence-electron chi connectivity index (χ4n) is 6.62. The highest BCUT2D eigenvalue weighted by Gasteiger charge is 2.29. The van der Waals surface area contributed by atoms with E-state index < -0.39 is 9.84 Å². The Hall–Kier alpha value is -3.67. The SMILES string of the molecule is C=Cc1nc(-c2cccc(-c3cccc(/C(=C/C)N=C(C)C(=C)CN4CC(C)C4)c3S(=O)(=O)c3ccc(Br)cc3)c2SC)cnc1CN1CCC1. The van der Waals surface area contributed by atoms with E-state index in [1.807, 2.05) is 68.8 Å². The van der Waals surface area contributed by atoms with E-state index in [0.29, 0.717) is 28.4 Å². The molecular weight excluding hydrogens is 739 g/mol. The Morgan fingerprint density at radius 2 is 1.73 bits per heavy atom. The van der Waals surface area contributed by atoms with Crippen LogP contribution in [0.4, 0.5) is 0 Å². The maximum absolute atomic E-state index is 14.9. The number of hydrogen-bond donors (Lipinski definition) is 0. The summed E-state index contributed by atoms with van der Waals surface area (Å²) in [7, 11) is -4.04. The largest absolute Gasteiger partial charge is 0.298 e. The molecule has 0 radical (unpaired) electrons. The second-order valence-corrected chi connectivity index (χ2v) is 16.8. The molecule has 10 heteroatoms. The van der Waals surface area contributed by atoms with Crippen LogP contribution in [0, 0.1) is 5.92 Å². The van der Waals surface area contributed by atoms with Crippen LogP contribution in [0.2, 0.25) is 0 Å². The summed E-state index contributed by atoms with van der Waals surface area (Å²) in [6, 6.07) is 18.4. The van der Waals surface area contributed by atoms with Crippen LogP contribution in [-0.2, 0) is 16.4 Å². The molecule has 0 saturated carbocycles. The number of rotatable bonds is 13. The Morgan fingerprint density at radius 3 is 2.35 bits per heavy atom. The Balaban J connectivity index is 1.50. The van der Waals surface area contributed by atoms with E-state index in [1.54, 1.807) is 42.1 Å². The molecular formula is C41H44BrN5O2S2. The molecule has 264 valence electrons. The van der Waals surface area contributed by atoms with E-state index in [9.17, 15) is 8.42 Å². The first-order valence-corrected chi connectivity index (χ1v) is 20.7. The maximum Gasteiger partial charge on any atom is 0.207 e. The van der Waals surface area contributed by atoms with Gasteiger partial charge < -0.3 is 0 Å². The van der Waals surface area contributed by atoms with Gasteiger partial charge >= 0.3 is 0 Å². The fourth-order valence-corrected chi connectivity index (χ4v) is 9.33. The lowest BCUT2D eigenvalue weighted by atomic mass is 9.98. The van der Waals surface area contributed by atoms with Gasteiger partial charge in [0.15, 0.2) is 0 Å². The number of aliphatic imine (C=N–C) groups is 1. The van der Waals surface area contributed by atoms with Crippen LogP contribution in [0.5, 0.6) is 0 Å². The number of thioether (sulfide) groups is 1. The van der Waals surface area contributed by atoms with Crippen molar-refractivity contribution in [2.75, 3.05) is 39.0 Å². The van der Waals surface area contributed by atoms with Gasteiger partial charge in [0, 0.05) is 57.9 Å². The van der Waals surface area contributed by atoms with Gasteiger partial charge in [-0.1, -0.05) is 78.5 Å². The standard InChI is InChI=1S/C41H44BrN5O2S2/c1-7-36(44-29(5)28(4)25-47-23-27(3)24-47)35-15-10-13-33(41(35)51(48,49)31-18-16-30(42)17-19-31)32-12-9-14-34(40(32)50-6)38-22-43-39(37(8-2)45-38)26-46-20-11-21-46/h7-10,12-19,22,27H,2,4,11,20-21,23-26H2,1,3,5-6H3/b36-7-,44-29?. The van der Waals surface area contributed by atoms with E-state index in [-0.39, 0.29) is 9.79 Å². The van der Waals surface area contributed by atoms with Crippen molar-refractivity contribution >= 4 is 55.0 Å². The molecule has 3 heterocycles. The average molecular weight is 783 g/mol. The van der Waals surface area contributed by atoms with Gasteiger partial charge in [-0.05, 0) is 87.0 Å². The Kier molecular flexibility index (Phi) is 11.6. The van der Waals surface area contributed by atoms with Crippen LogP contribution >= 0.6 is 27.7 Å². The zero-order chi connectivity index (χ0) is 36.3. The fraction of sp³-hybridized carbons (Fsp3) is 0.293. The van der Waals surface area contributed by atoms with E-state index in [2.05, 4.69) is 45.8 Å². The minimum absolute atomic E-state index is 0.202. The molecule has 0 aliphatic carbocycles. The van der Waals surface area contributed by atoms with Gasteiger partial charge in [-0.25, -0.2) is 13.4 Å². The number of sulfone groups is 1. The highest BCUT2D eigenvalue weighted by molar-refractivity contribution is 9.10. The van der Waals surface area contributed by atoms with Crippen LogP contribution in [0.1, 0.15) is 44.1 Å². The highest BCUT2D eigenvalue weighted by atomic mass is 79.9. The molecule has 0 spiro atoms. The number of benzene rings is 3. The first-order valence-electron chi connectivity index (χ1n) is 17.2. The van der Waals surface area contributed by atoms with Crippen molar-refractivity contribution in [3.8, 4) is 22.4 Å². The lowest BCUT2D eigenvalue weighted by molar-refractivity contribution is 0.127. The van der Waals surface area contributed by atoms with Crippen molar-refractivity contribution in [1.29, 1.82) is 0 Å². The maximum atomic E-state index is 14.9. The zero-order valence-electron chi connectivity index (χ0n) is 29.7. The lowest BCUT2D eigenvalue weighted by Gasteiger charge is -2.37. The van der Waals surface area contributed by atoms with Crippen molar-refractivity contribution in [2.24, 2.45) is 10.9 Å². The molecule has 1 aromatic heterocycles. The molecule has 7 nitrogen and oxygen atoms in total. The molecule has 0 amide bonds. The molecule has 0 N–H and O–H groups in total. The summed E-state index contributed by atoms with van der Waals surface area (Å²) >= 11 is 5.02. The molecule has 0 unspecified atom stereocenters. The molecule has 2 aliphatic heterocycles. The number of hydrogen-bond acceptors (Lipinski definition) is 8. The molecule has 2 fully saturated rings. The van der Waals surface area contributed by atoms with Crippen LogP contribution in [0.25, 0.3) is 34.2 Å². The molecule has 0 atom stereocenters. The van der Waals surface area contributed by atoms with Gasteiger partial charge in [-0.15, -0.1) is 11.8 Å². The average Bonchev–Trinajstić information content (AvgIpc) is 3.10. The minimum atomic E-state index is -4.04. The number of nitrogens with zero attached hydrogens (tertiary/aromatic N) is 5. The van der Waals surface area contributed by atoms with E-state index >= 15 is 0 Å². The van der Waals surface area contributed by atoms with Crippen molar-refractivity contribution in [2.45, 2.75) is 48.4 Å². The molecule has 0 bridgehead atoms. The topological polar surface area (TPSA) is 78.8 Å². The predicted molar refractivity (Wildman–Crippen MR) is 216 cm³/mol. The summed E-state index contributed by atoms with van der Waals surface area (Å²) in [6.45, 7) is 20.1. The van der Waals surface area contributed by atoms with Crippen LogP contribution in [-0.4, -0.2) is 72.9 Å².